The van der Waals surface area contributed by atoms with E-state index in [-0.39, 0.29) is 10.9 Å². The van der Waals surface area contributed by atoms with Crippen LogP contribution in [0.15, 0.2) is 71.8 Å². The molecule has 3 rings (SSSR count). The molecule has 0 aliphatic rings. The summed E-state index contributed by atoms with van der Waals surface area (Å²) in [5.74, 6) is 0.681. The van der Waals surface area contributed by atoms with Gasteiger partial charge in [0, 0.05) is 6.04 Å². The number of anilines is 2. The van der Waals surface area contributed by atoms with Crippen LogP contribution in [0.4, 0.5) is 11.5 Å². The molecule has 0 saturated heterocycles. The van der Waals surface area contributed by atoms with Crippen LogP contribution in [-0.4, -0.2) is 13.4 Å². The molecule has 0 spiro atoms. The maximum Gasteiger partial charge on any atom is 0.262 e. The maximum absolute atomic E-state index is 12.6. The van der Waals surface area contributed by atoms with Crippen molar-refractivity contribution in [1.82, 2.24) is 4.98 Å². The largest absolute Gasteiger partial charge is 0.364 e. The molecule has 0 fully saturated rings. The molecular formula is C21H23N3O2S. The Morgan fingerprint density at radius 1 is 0.963 bits per heavy atom. The SMILES string of the molecule is Cc1ccc(S(=O)(=O)Nc2ccc(NC(C)c3ccccc3)nc2)c(C)c1. The van der Waals surface area contributed by atoms with E-state index in [9.17, 15) is 8.42 Å². The molecule has 0 aliphatic carbocycles. The highest BCUT2D eigenvalue weighted by atomic mass is 32.2. The van der Waals surface area contributed by atoms with E-state index in [0.717, 1.165) is 11.1 Å². The van der Waals surface area contributed by atoms with Crippen molar-refractivity contribution >= 4 is 21.5 Å². The number of rotatable bonds is 6. The van der Waals surface area contributed by atoms with Crippen molar-refractivity contribution in [2.24, 2.45) is 0 Å². The van der Waals surface area contributed by atoms with Crippen LogP contribution < -0.4 is 10.0 Å². The van der Waals surface area contributed by atoms with E-state index in [1.165, 1.54) is 6.20 Å². The highest BCUT2D eigenvalue weighted by Crippen LogP contribution is 2.22. The van der Waals surface area contributed by atoms with Crippen molar-refractivity contribution in [2.45, 2.75) is 31.7 Å². The van der Waals surface area contributed by atoms with Crippen LogP contribution >= 0.6 is 0 Å². The summed E-state index contributed by atoms with van der Waals surface area (Å²) < 4.78 is 27.8. The molecule has 27 heavy (non-hydrogen) atoms. The molecule has 6 heteroatoms. The normalized spacial score (nSPS) is 12.4. The van der Waals surface area contributed by atoms with E-state index in [1.807, 2.05) is 50.2 Å². The van der Waals surface area contributed by atoms with Gasteiger partial charge in [0.1, 0.15) is 5.82 Å². The number of hydrogen-bond donors (Lipinski definition) is 2. The lowest BCUT2D eigenvalue weighted by Crippen LogP contribution is -2.15. The van der Waals surface area contributed by atoms with Crippen molar-refractivity contribution in [3.05, 3.63) is 83.6 Å². The topological polar surface area (TPSA) is 71.1 Å². The second-order valence-corrected chi connectivity index (χ2v) is 8.23. The summed E-state index contributed by atoms with van der Waals surface area (Å²) in [6.07, 6.45) is 1.52. The maximum atomic E-state index is 12.6. The number of nitrogens with zero attached hydrogens (tertiary/aromatic N) is 1. The van der Waals surface area contributed by atoms with Gasteiger partial charge in [0.25, 0.3) is 10.0 Å². The molecule has 1 unspecified atom stereocenters. The molecule has 3 aromatic rings. The van der Waals surface area contributed by atoms with Crippen molar-refractivity contribution in [3.63, 3.8) is 0 Å². The molecule has 0 amide bonds. The molecule has 1 heterocycles. The van der Waals surface area contributed by atoms with Crippen LogP contribution in [-0.2, 0) is 10.0 Å². The smallest absolute Gasteiger partial charge is 0.262 e. The van der Waals surface area contributed by atoms with Crippen molar-refractivity contribution < 1.29 is 8.42 Å². The molecule has 5 nitrogen and oxygen atoms in total. The zero-order valence-corrected chi connectivity index (χ0v) is 16.4. The molecule has 140 valence electrons. The second-order valence-electron chi connectivity index (χ2n) is 6.58. The van der Waals surface area contributed by atoms with Gasteiger partial charge in [-0.3, -0.25) is 4.72 Å². The number of aryl methyl sites for hydroxylation is 2. The quantitative estimate of drug-likeness (QED) is 0.651. The first-order chi connectivity index (χ1) is 12.8. The first-order valence-electron chi connectivity index (χ1n) is 8.73. The number of benzene rings is 2. The third kappa shape index (κ3) is 4.65. The summed E-state index contributed by atoms with van der Waals surface area (Å²) in [5.41, 5.74) is 3.31. The van der Waals surface area contributed by atoms with Gasteiger partial charge in [-0.1, -0.05) is 48.0 Å². The Labute approximate surface area is 160 Å². The summed E-state index contributed by atoms with van der Waals surface area (Å²) in [4.78, 5) is 4.59. The molecule has 2 aromatic carbocycles. The average Bonchev–Trinajstić information content (AvgIpc) is 2.63. The van der Waals surface area contributed by atoms with Gasteiger partial charge in [-0.15, -0.1) is 0 Å². The number of nitrogens with one attached hydrogen (secondary N) is 2. The highest BCUT2D eigenvalue weighted by Gasteiger charge is 2.17. The molecule has 0 aliphatic heterocycles. The van der Waals surface area contributed by atoms with Gasteiger partial charge in [0.15, 0.2) is 0 Å². The fourth-order valence-electron chi connectivity index (χ4n) is 2.90. The summed E-state index contributed by atoms with van der Waals surface area (Å²) in [7, 11) is -3.65. The van der Waals surface area contributed by atoms with E-state index in [0.29, 0.717) is 17.1 Å². The van der Waals surface area contributed by atoms with Crippen LogP contribution in [0.3, 0.4) is 0 Å². The molecule has 0 bridgehead atoms. The van der Waals surface area contributed by atoms with Crippen molar-refractivity contribution in [1.29, 1.82) is 0 Å². The zero-order chi connectivity index (χ0) is 19.4. The standard InChI is InChI=1S/C21H23N3O2S/c1-15-9-11-20(16(2)13-15)27(25,26)24-19-10-12-21(22-14-19)23-17(3)18-7-5-4-6-8-18/h4-14,17,24H,1-3H3,(H,22,23). The van der Waals surface area contributed by atoms with E-state index in [1.54, 1.807) is 31.2 Å². The fraction of sp³-hybridized carbons (Fsp3) is 0.190. The third-order valence-electron chi connectivity index (χ3n) is 4.30. The summed E-state index contributed by atoms with van der Waals surface area (Å²) >= 11 is 0. The first kappa shape index (κ1) is 18.9. The lowest BCUT2D eigenvalue weighted by atomic mass is 10.1. The minimum Gasteiger partial charge on any atom is -0.364 e. The monoisotopic (exact) mass is 381 g/mol. The van der Waals surface area contributed by atoms with Crippen LogP contribution in [0.2, 0.25) is 0 Å². The number of pyridine rings is 1. The van der Waals surface area contributed by atoms with Crippen LogP contribution in [0.25, 0.3) is 0 Å². The van der Waals surface area contributed by atoms with Gasteiger partial charge < -0.3 is 5.32 Å². The van der Waals surface area contributed by atoms with Crippen molar-refractivity contribution in [3.8, 4) is 0 Å². The average molecular weight is 382 g/mol. The Hall–Kier alpha value is -2.86. The van der Waals surface area contributed by atoms with Gasteiger partial charge in [0.2, 0.25) is 0 Å². The summed E-state index contributed by atoms with van der Waals surface area (Å²) in [6.45, 7) is 5.77. The van der Waals surface area contributed by atoms with E-state index in [4.69, 9.17) is 0 Å². The van der Waals surface area contributed by atoms with Crippen LogP contribution in [0.5, 0.6) is 0 Å². The minimum absolute atomic E-state index is 0.0939. The first-order valence-corrected chi connectivity index (χ1v) is 10.2. The van der Waals surface area contributed by atoms with Gasteiger partial charge in [-0.25, -0.2) is 13.4 Å². The Bertz CT molecular complexity index is 1020. The Kier molecular flexibility index (Phi) is 5.46. The van der Waals surface area contributed by atoms with E-state index >= 15 is 0 Å². The predicted molar refractivity (Wildman–Crippen MR) is 109 cm³/mol. The number of aromatic nitrogens is 1. The summed E-state index contributed by atoms with van der Waals surface area (Å²) in [5, 5.41) is 3.31. The van der Waals surface area contributed by atoms with Crippen LogP contribution in [0.1, 0.15) is 29.7 Å². The lowest BCUT2D eigenvalue weighted by Gasteiger charge is -2.15. The Morgan fingerprint density at radius 2 is 1.70 bits per heavy atom. The van der Waals surface area contributed by atoms with Gasteiger partial charge in [0.05, 0.1) is 16.8 Å². The van der Waals surface area contributed by atoms with Crippen LogP contribution in [0, 0.1) is 13.8 Å². The third-order valence-corrected chi connectivity index (χ3v) is 5.84. The Balaban J connectivity index is 1.72. The number of hydrogen-bond acceptors (Lipinski definition) is 4. The minimum atomic E-state index is -3.65. The van der Waals surface area contributed by atoms with Gasteiger partial charge in [-0.05, 0) is 50.1 Å². The van der Waals surface area contributed by atoms with Gasteiger partial charge >= 0.3 is 0 Å². The van der Waals surface area contributed by atoms with E-state index < -0.39 is 10.0 Å². The molecular weight excluding hydrogens is 358 g/mol. The van der Waals surface area contributed by atoms with Gasteiger partial charge in [-0.2, -0.15) is 0 Å². The highest BCUT2D eigenvalue weighted by molar-refractivity contribution is 7.92. The van der Waals surface area contributed by atoms with E-state index in [2.05, 4.69) is 15.0 Å². The molecule has 0 saturated carbocycles. The molecule has 1 aromatic heterocycles. The second kappa shape index (κ2) is 7.80. The molecule has 0 radical (unpaired) electrons. The molecule has 2 N–H and O–H groups in total. The fourth-order valence-corrected chi connectivity index (χ4v) is 4.17. The van der Waals surface area contributed by atoms with Crippen molar-refractivity contribution in [2.75, 3.05) is 10.0 Å². The molecule has 1 atom stereocenters. The number of sulfonamides is 1. The zero-order valence-electron chi connectivity index (χ0n) is 15.6. The predicted octanol–water partition coefficient (Wildman–Crippen LogP) is 4.67. The summed E-state index contributed by atoms with van der Waals surface area (Å²) in [6, 6.07) is 18.9. The Morgan fingerprint density at radius 3 is 2.33 bits per heavy atom. The lowest BCUT2D eigenvalue weighted by molar-refractivity contribution is 0.600.